The van der Waals surface area contributed by atoms with Crippen molar-refractivity contribution in [2.45, 2.75) is 6.42 Å². The van der Waals surface area contributed by atoms with Crippen molar-refractivity contribution in [3.05, 3.63) is 28.8 Å². The molecule has 2 N–H and O–H groups in total. The second-order valence-corrected chi connectivity index (χ2v) is 6.21. The maximum atomic E-state index is 11.2. The zero-order valence-corrected chi connectivity index (χ0v) is 12.7. The van der Waals surface area contributed by atoms with Gasteiger partial charge < -0.3 is 5.32 Å². The molecule has 1 aliphatic rings. The van der Waals surface area contributed by atoms with Gasteiger partial charge in [0.25, 0.3) is 0 Å². The lowest BCUT2D eigenvalue weighted by Gasteiger charge is -2.10. The molecule has 1 aromatic carbocycles. The van der Waals surface area contributed by atoms with Crippen molar-refractivity contribution in [1.29, 1.82) is 0 Å². The van der Waals surface area contributed by atoms with Crippen LogP contribution in [0.4, 0.5) is 5.69 Å². The summed E-state index contributed by atoms with van der Waals surface area (Å²) >= 11 is 6.18. The summed E-state index contributed by atoms with van der Waals surface area (Å²) in [6.45, 7) is 1.61. The molecule has 0 spiro atoms. The first kappa shape index (κ1) is 16.1. The van der Waals surface area contributed by atoms with Gasteiger partial charge in [-0.1, -0.05) is 23.7 Å². The summed E-state index contributed by atoms with van der Waals surface area (Å²) in [5.74, 6) is 0.883. The Kier molecular flexibility index (Phi) is 5.46. The fourth-order valence-electron chi connectivity index (χ4n) is 1.74. The Labute approximate surface area is 123 Å². The summed E-state index contributed by atoms with van der Waals surface area (Å²) in [4.78, 5) is 4.28. The van der Waals surface area contributed by atoms with Crippen LogP contribution in [0.1, 0.15) is 5.56 Å². The topological polar surface area (TPSA) is 70.6 Å². The van der Waals surface area contributed by atoms with E-state index >= 15 is 0 Å². The van der Waals surface area contributed by atoms with Crippen molar-refractivity contribution in [2.75, 3.05) is 24.1 Å². The van der Waals surface area contributed by atoms with Crippen molar-refractivity contribution in [1.82, 2.24) is 5.32 Å². The van der Waals surface area contributed by atoms with E-state index in [4.69, 9.17) is 11.6 Å². The van der Waals surface area contributed by atoms with Gasteiger partial charge in [0.2, 0.25) is 10.0 Å². The number of nitrogens with one attached hydrogen (secondary N) is 2. The third kappa shape index (κ3) is 4.56. The van der Waals surface area contributed by atoms with E-state index in [0.29, 0.717) is 17.1 Å². The fraction of sp³-hybridized carbons (Fsp3) is 0.364. The summed E-state index contributed by atoms with van der Waals surface area (Å²) in [6.07, 6.45) is 1.68. The number of hydrogen-bond acceptors (Lipinski definition) is 4. The molecule has 0 saturated heterocycles. The smallest absolute Gasteiger partial charge is 0.229 e. The molecule has 0 aliphatic carbocycles. The minimum atomic E-state index is -3.32. The van der Waals surface area contributed by atoms with E-state index in [-0.39, 0.29) is 12.4 Å². The van der Waals surface area contributed by atoms with Crippen LogP contribution in [-0.4, -0.2) is 33.6 Å². The highest BCUT2D eigenvalue weighted by Gasteiger charge is 2.13. The van der Waals surface area contributed by atoms with Crippen LogP contribution in [0.3, 0.4) is 0 Å². The van der Waals surface area contributed by atoms with Crippen LogP contribution < -0.4 is 10.0 Å². The Hall–Kier alpha value is -0.980. The SMILES string of the molecule is CS(=O)(=O)Nc1cccc(CC2=NCCN2)c1Cl.Cl. The first-order valence-electron chi connectivity index (χ1n) is 5.48. The second-order valence-electron chi connectivity index (χ2n) is 4.08. The molecule has 0 aromatic heterocycles. The largest absolute Gasteiger partial charge is 0.372 e. The van der Waals surface area contributed by atoms with Gasteiger partial charge in [0.1, 0.15) is 5.84 Å². The van der Waals surface area contributed by atoms with Crippen molar-refractivity contribution in [3.63, 3.8) is 0 Å². The highest BCUT2D eigenvalue weighted by molar-refractivity contribution is 7.92. The molecule has 1 aliphatic heterocycles. The van der Waals surface area contributed by atoms with Crippen molar-refractivity contribution in [3.8, 4) is 0 Å². The normalized spacial score (nSPS) is 14.3. The molecule has 1 heterocycles. The maximum absolute atomic E-state index is 11.2. The van der Waals surface area contributed by atoms with Crippen LogP contribution in [0.15, 0.2) is 23.2 Å². The summed E-state index contributed by atoms with van der Waals surface area (Å²) in [6, 6.07) is 5.26. The van der Waals surface area contributed by atoms with Crippen molar-refractivity contribution < 1.29 is 8.42 Å². The molecule has 0 saturated carbocycles. The van der Waals surface area contributed by atoms with E-state index in [1.807, 2.05) is 6.07 Å². The number of nitrogens with zero attached hydrogens (tertiary/aromatic N) is 1. The van der Waals surface area contributed by atoms with Gasteiger partial charge in [-0.3, -0.25) is 9.71 Å². The number of benzene rings is 1. The van der Waals surface area contributed by atoms with E-state index in [0.717, 1.165) is 30.7 Å². The van der Waals surface area contributed by atoms with Gasteiger partial charge in [-0.15, -0.1) is 12.4 Å². The molecule has 0 fully saturated rings. The number of rotatable bonds is 4. The van der Waals surface area contributed by atoms with Crippen LogP contribution in [0.25, 0.3) is 0 Å². The van der Waals surface area contributed by atoms with Gasteiger partial charge in [-0.2, -0.15) is 0 Å². The average molecular weight is 324 g/mol. The predicted molar refractivity (Wildman–Crippen MR) is 81.2 cm³/mol. The van der Waals surface area contributed by atoms with Gasteiger partial charge in [0.05, 0.1) is 23.5 Å². The molecule has 106 valence electrons. The summed E-state index contributed by atoms with van der Waals surface area (Å²) in [5, 5.41) is 3.57. The van der Waals surface area contributed by atoms with Gasteiger partial charge in [0.15, 0.2) is 0 Å². The monoisotopic (exact) mass is 323 g/mol. The predicted octanol–water partition coefficient (Wildman–Crippen LogP) is 1.68. The highest BCUT2D eigenvalue weighted by atomic mass is 35.5. The minimum absolute atomic E-state index is 0. The number of amidine groups is 1. The Morgan fingerprint density at radius 3 is 2.79 bits per heavy atom. The van der Waals surface area contributed by atoms with Crippen LogP contribution in [-0.2, 0) is 16.4 Å². The number of halogens is 2. The standard InChI is InChI=1S/C11H14ClN3O2S.ClH/c1-18(16,17)15-9-4-2-3-8(11(9)12)7-10-13-5-6-14-10;/h2-4,15H,5-7H2,1H3,(H,13,14);1H. The van der Waals surface area contributed by atoms with Crippen LogP contribution >= 0.6 is 24.0 Å². The lowest BCUT2D eigenvalue weighted by molar-refractivity contribution is 0.607. The lowest BCUT2D eigenvalue weighted by atomic mass is 10.1. The zero-order valence-electron chi connectivity index (χ0n) is 10.3. The molecule has 0 amide bonds. The van der Waals surface area contributed by atoms with Gasteiger partial charge in [0, 0.05) is 13.0 Å². The van der Waals surface area contributed by atoms with Gasteiger partial charge in [-0.05, 0) is 11.6 Å². The summed E-state index contributed by atoms with van der Waals surface area (Å²) in [5.41, 5.74) is 1.24. The lowest BCUT2D eigenvalue weighted by Crippen LogP contribution is -2.20. The average Bonchev–Trinajstić information content (AvgIpc) is 2.75. The minimum Gasteiger partial charge on any atom is -0.372 e. The molecular formula is C11H15Cl2N3O2S. The van der Waals surface area contributed by atoms with E-state index in [1.165, 1.54) is 0 Å². The number of sulfonamides is 1. The van der Waals surface area contributed by atoms with Crippen LogP contribution in [0.2, 0.25) is 5.02 Å². The first-order valence-corrected chi connectivity index (χ1v) is 7.75. The van der Waals surface area contributed by atoms with Gasteiger partial charge in [-0.25, -0.2) is 8.42 Å². The van der Waals surface area contributed by atoms with Crippen LogP contribution in [0.5, 0.6) is 0 Å². The molecule has 0 bridgehead atoms. The molecule has 19 heavy (non-hydrogen) atoms. The Balaban J connectivity index is 0.00000180. The summed E-state index contributed by atoms with van der Waals surface area (Å²) in [7, 11) is -3.32. The van der Waals surface area contributed by atoms with E-state index in [1.54, 1.807) is 12.1 Å². The molecule has 0 unspecified atom stereocenters. The Bertz CT molecular complexity index is 588. The Morgan fingerprint density at radius 2 is 2.21 bits per heavy atom. The van der Waals surface area contributed by atoms with E-state index < -0.39 is 10.0 Å². The van der Waals surface area contributed by atoms with E-state index in [2.05, 4.69) is 15.0 Å². The van der Waals surface area contributed by atoms with E-state index in [9.17, 15) is 8.42 Å². The molecule has 5 nitrogen and oxygen atoms in total. The summed E-state index contributed by atoms with van der Waals surface area (Å²) < 4.78 is 24.8. The molecular weight excluding hydrogens is 309 g/mol. The fourth-order valence-corrected chi connectivity index (χ4v) is 2.61. The highest BCUT2D eigenvalue weighted by Crippen LogP contribution is 2.27. The molecule has 8 heteroatoms. The number of hydrogen-bond donors (Lipinski definition) is 2. The molecule has 2 rings (SSSR count). The first-order chi connectivity index (χ1) is 8.46. The quantitative estimate of drug-likeness (QED) is 0.885. The van der Waals surface area contributed by atoms with Crippen molar-refractivity contribution in [2.24, 2.45) is 4.99 Å². The van der Waals surface area contributed by atoms with Gasteiger partial charge >= 0.3 is 0 Å². The van der Waals surface area contributed by atoms with Crippen LogP contribution in [0, 0.1) is 0 Å². The third-order valence-electron chi connectivity index (χ3n) is 2.48. The molecule has 0 radical (unpaired) electrons. The Morgan fingerprint density at radius 1 is 1.47 bits per heavy atom. The molecule has 1 aromatic rings. The zero-order chi connectivity index (χ0) is 13.2. The number of anilines is 1. The molecule has 0 atom stereocenters. The van der Waals surface area contributed by atoms with Crippen molar-refractivity contribution >= 4 is 45.6 Å². The maximum Gasteiger partial charge on any atom is 0.229 e. The third-order valence-corrected chi connectivity index (χ3v) is 3.51. The second kappa shape index (κ2) is 6.45. The number of aliphatic imine (C=N–C) groups is 1.